The lowest BCUT2D eigenvalue weighted by Crippen LogP contribution is -2.07. The van der Waals surface area contributed by atoms with Gasteiger partial charge in [-0.05, 0) is 31.1 Å². The van der Waals surface area contributed by atoms with Gasteiger partial charge in [0.25, 0.3) is 0 Å². The van der Waals surface area contributed by atoms with E-state index in [2.05, 4.69) is 6.58 Å². The first kappa shape index (κ1) is 13.7. The predicted molar refractivity (Wildman–Crippen MR) is 64.9 cm³/mol. The Labute approximate surface area is 92.3 Å². The van der Waals surface area contributed by atoms with E-state index in [1.165, 1.54) is 0 Å². The number of allylic oxidation sites excluding steroid dienone is 3. The molecule has 2 heteroatoms. The van der Waals surface area contributed by atoms with Crippen LogP contribution in [-0.4, -0.2) is 18.3 Å². The molecule has 0 aliphatic carbocycles. The molecule has 0 saturated heterocycles. The van der Waals surface area contributed by atoms with Gasteiger partial charge in [-0.3, -0.25) is 0 Å². The molecule has 1 unspecified atom stereocenters. The van der Waals surface area contributed by atoms with Crippen LogP contribution in [0.2, 0.25) is 0 Å². The molecule has 0 radical (unpaired) electrons. The van der Waals surface area contributed by atoms with Crippen LogP contribution in [0.1, 0.15) is 20.3 Å². The Kier molecular flexibility index (Phi) is 7.38. The predicted octanol–water partition coefficient (Wildman–Crippen LogP) is 3.54. The van der Waals surface area contributed by atoms with Crippen LogP contribution in [0.4, 0.5) is 0 Å². The van der Waals surface area contributed by atoms with Gasteiger partial charge in [0.2, 0.25) is 0 Å². The molecule has 0 heterocycles. The SMILES string of the molecule is C=C(/C=C\C(O)=C/CC)C(/C=C/C)OC. The van der Waals surface area contributed by atoms with E-state index >= 15 is 0 Å². The summed E-state index contributed by atoms with van der Waals surface area (Å²) in [5.74, 6) is 0.258. The lowest BCUT2D eigenvalue weighted by molar-refractivity contribution is 0.171. The third-order valence-electron chi connectivity index (χ3n) is 1.87. The number of ether oxygens (including phenoxy) is 1. The van der Waals surface area contributed by atoms with E-state index in [0.717, 1.165) is 12.0 Å². The molecule has 0 rings (SSSR count). The molecule has 0 aromatic rings. The van der Waals surface area contributed by atoms with Crippen molar-refractivity contribution in [1.82, 2.24) is 0 Å². The van der Waals surface area contributed by atoms with Crippen molar-refractivity contribution >= 4 is 0 Å². The van der Waals surface area contributed by atoms with Gasteiger partial charge >= 0.3 is 0 Å². The lowest BCUT2D eigenvalue weighted by Gasteiger charge is -2.10. The molecule has 0 spiro atoms. The Hall–Kier alpha value is -1.28. The van der Waals surface area contributed by atoms with Crippen molar-refractivity contribution in [2.45, 2.75) is 26.4 Å². The Balaban J connectivity index is 4.40. The van der Waals surface area contributed by atoms with E-state index in [0.29, 0.717) is 0 Å². The Morgan fingerprint density at radius 1 is 1.47 bits per heavy atom. The minimum absolute atomic E-state index is 0.124. The van der Waals surface area contributed by atoms with Crippen LogP contribution in [-0.2, 0) is 4.74 Å². The van der Waals surface area contributed by atoms with Gasteiger partial charge in [0.15, 0.2) is 0 Å². The zero-order valence-corrected chi connectivity index (χ0v) is 9.73. The van der Waals surface area contributed by atoms with Crippen molar-refractivity contribution in [3.8, 4) is 0 Å². The van der Waals surface area contributed by atoms with Crippen LogP contribution in [0.25, 0.3) is 0 Å². The topological polar surface area (TPSA) is 29.5 Å². The summed E-state index contributed by atoms with van der Waals surface area (Å²) < 4.78 is 5.21. The monoisotopic (exact) mass is 208 g/mol. The average Bonchev–Trinajstić information content (AvgIpc) is 2.23. The molecule has 2 nitrogen and oxygen atoms in total. The van der Waals surface area contributed by atoms with Gasteiger partial charge in [0, 0.05) is 7.11 Å². The van der Waals surface area contributed by atoms with Crippen LogP contribution in [0, 0.1) is 0 Å². The molecule has 84 valence electrons. The zero-order valence-electron chi connectivity index (χ0n) is 9.73. The molecule has 0 aromatic heterocycles. The van der Waals surface area contributed by atoms with Crippen LogP contribution in [0.15, 0.2) is 48.3 Å². The van der Waals surface area contributed by atoms with Gasteiger partial charge in [0.05, 0.1) is 6.10 Å². The Morgan fingerprint density at radius 3 is 2.60 bits per heavy atom. The third-order valence-corrected chi connectivity index (χ3v) is 1.87. The maximum absolute atomic E-state index is 9.36. The highest BCUT2D eigenvalue weighted by Crippen LogP contribution is 2.08. The Bertz CT molecular complexity index is 272. The van der Waals surface area contributed by atoms with Crippen molar-refractivity contribution in [2.75, 3.05) is 7.11 Å². The van der Waals surface area contributed by atoms with Crippen LogP contribution >= 0.6 is 0 Å². The highest BCUT2D eigenvalue weighted by atomic mass is 16.5. The minimum Gasteiger partial charge on any atom is -0.508 e. The largest absolute Gasteiger partial charge is 0.508 e. The van der Waals surface area contributed by atoms with Gasteiger partial charge < -0.3 is 9.84 Å². The van der Waals surface area contributed by atoms with Crippen LogP contribution in [0.5, 0.6) is 0 Å². The molecule has 0 amide bonds. The van der Waals surface area contributed by atoms with Crippen LogP contribution in [0.3, 0.4) is 0 Å². The highest BCUT2D eigenvalue weighted by molar-refractivity contribution is 5.28. The smallest absolute Gasteiger partial charge is 0.111 e. The summed E-state index contributed by atoms with van der Waals surface area (Å²) >= 11 is 0. The van der Waals surface area contributed by atoms with Crippen molar-refractivity contribution in [1.29, 1.82) is 0 Å². The maximum atomic E-state index is 9.36. The Morgan fingerprint density at radius 2 is 2.13 bits per heavy atom. The maximum Gasteiger partial charge on any atom is 0.111 e. The van der Waals surface area contributed by atoms with Crippen molar-refractivity contribution < 1.29 is 9.84 Å². The van der Waals surface area contributed by atoms with Gasteiger partial charge in [-0.2, -0.15) is 0 Å². The number of methoxy groups -OCH3 is 1. The van der Waals surface area contributed by atoms with Gasteiger partial charge in [0.1, 0.15) is 5.76 Å². The summed E-state index contributed by atoms with van der Waals surface area (Å²) in [6.45, 7) is 7.77. The second-order valence-electron chi connectivity index (χ2n) is 3.13. The molecule has 1 N–H and O–H groups in total. The van der Waals surface area contributed by atoms with Gasteiger partial charge in [-0.1, -0.05) is 31.7 Å². The summed E-state index contributed by atoms with van der Waals surface area (Å²) in [4.78, 5) is 0. The first-order valence-electron chi connectivity index (χ1n) is 5.07. The number of rotatable bonds is 6. The number of hydrogen-bond acceptors (Lipinski definition) is 2. The molecule has 0 aliphatic rings. The summed E-state index contributed by atoms with van der Waals surface area (Å²) in [5, 5.41) is 9.36. The molecule has 1 atom stereocenters. The molecular weight excluding hydrogens is 188 g/mol. The average molecular weight is 208 g/mol. The van der Waals surface area contributed by atoms with E-state index in [4.69, 9.17) is 4.74 Å². The van der Waals surface area contributed by atoms with Crippen molar-refractivity contribution in [3.05, 3.63) is 48.3 Å². The molecule has 0 aliphatic heterocycles. The zero-order chi connectivity index (χ0) is 11.7. The van der Waals surface area contributed by atoms with E-state index in [1.54, 1.807) is 25.3 Å². The molecule has 0 bridgehead atoms. The molecule has 0 aromatic carbocycles. The summed E-state index contributed by atoms with van der Waals surface area (Å²) in [5.41, 5.74) is 0.812. The molecule has 0 saturated carbocycles. The summed E-state index contributed by atoms with van der Waals surface area (Å²) in [7, 11) is 1.63. The first-order chi connectivity index (χ1) is 7.15. The quantitative estimate of drug-likeness (QED) is 0.411. The summed E-state index contributed by atoms with van der Waals surface area (Å²) in [6, 6.07) is 0. The van der Waals surface area contributed by atoms with E-state index in [9.17, 15) is 5.11 Å². The fourth-order valence-corrected chi connectivity index (χ4v) is 1.09. The van der Waals surface area contributed by atoms with Gasteiger partial charge in [-0.15, -0.1) is 0 Å². The van der Waals surface area contributed by atoms with E-state index in [-0.39, 0.29) is 11.9 Å². The normalized spacial score (nSPS) is 15.0. The van der Waals surface area contributed by atoms with Crippen LogP contribution < -0.4 is 0 Å². The fourth-order valence-electron chi connectivity index (χ4n) is 1.09. The minimum atomic E-state index is -0.124. The highest BCUT2D eigenvalue weighted by Gasteiger charge is 2.03. The second kappa shape index (κ2) is 8.06. The number of hydrogen-bond donors (Lipinski definition) is 1. The van der Waals surface area contributed by atoms with Crippen molar-refractivity contribution in [3.63, 3.8) is 0 Å². The lowest BCUT2D eigenvalue weighted by atomic mass is 10.1. The van der Waals surface area contributed by atoms with E-state index < -0.39 is 0 Å². The van der Waals surface area contributed by atoms with Gasteiger partial charge in [-0.25, -0.2) is 0 Å². The fraction of sp³-hybridized carbons (Fsp3) is 0.385. The molecular formula is C13H20O2. The summed E-state index contributed by atoms with van der Waals surface area (Å²) in [6.07, 6.45) is 9.63. The first-order valence-corrected chi connectivity index (χ1v) is 5.07. The van der Waals surface area contributed by atoms with E-state index in [1.807, 2.05) is 26.0 Å². The third kappa shape index (κ3) is 5.92. The van der Waals surface area contributed by atoms with Crippen molar-refractivity contribution in [2.24, 2.45) is 0 Å². The second-order valence-corrected chi connectivity index (χ2v) is 3.13. The standard InChI is InChI=1S/C13H20O2/c1-5-7-12(14)10-9-11(3)13(15-4)8-6-2/h6-10,13-14H,3,5H2,1-2,4H3/b8-6+,10-9-,12-7+. The molecule has 0 fully saturated rings. The number of aliphatic hydroxyl groups is 1. The number of aliphatic hydroxyl groups excluding tert-OH is 1. The molecule has 15 heavy (non-hydrogen) atoms.